The van der Waals surface area contributed by atoms with Crippen LogP contribution in [0.2, 0.25) is 5.02 Å². The Morgan fingerprint density at radius 3 is 2.68 bits per heavy atom. The molecular weight excluding hydrogens is 364 g/mol. The summed E-state index contributed by atoms with van der Waals surface area (Å²) in [5.74, 6) is 0.116. The van der Waals surface area contributed by atoms with Crippen molar-refractivity contribution in [3.63, 3.8) is 0 Å². The summed E-state index contributed by atoms with van der Waals surface area (Å²) >= 11 is 6.08. The predicted molar refractivity (Wildman–Crippen MR) is 96.0 cm³/mol. The topological polar surface area (TPSA) is 101 Å². The second-order valence-electron chi connectivity index (χ2n) is 5.95. The van der Waals surface area contributed by atoms with Gasteiger partial charge in [-0.15, -0.1) is 0 Å². The van der Waals surface area contributed by atoms with Gasteiger partial charge in [0.2, 0.25) is 0 Å². The second-order valence-corrected chi connectivity index (χ2v) is 8.59. The number of anilines is 2. The van der Waals surface area contributed by atoms with Crippen molar-refractivity contribution < 1.29 is 13.2 Å². The van der Waals surface area contributed by atoms with Crippen LogP contribution < -0.4 is 10.6 Å². The minimum atomic E-state index is -3.04. The Morgan fingerprint density at radius 1 is 1.28 bits per heavy atom. The molecule has 1 aromatic heterocycles. The SMILES string of the molecule is Cc1ccc(Nc2cnc(C(=O)NC3CCS(=O)(=O)C3)cn2)cc1Cl. The highest BCUT2D eigenvalue weighted by Crippen LogP contribution is 2.22. The molecule has 1 aliphatic heterocycles. The van der Waals surface area contributed by atoms with Crippen molar-refractivity contribution in [2.75, 3.05) is 16.8 Å². The number of carbonyl (C=O) groups is 1. The quantitative estimate of drug-likeness (QED) is 0.842. The Hall–Kier alpha value is -2.19. The molecule has 0 bridgehead atoms. The van der Waals surface area contributed by atoms with Gasteiger partial charge < -0.3 is 10.6 Å². The highest BCUT2D eigenvalue weighted by molar-refractivity contribution is 7.91. The summed E-state index contributed by atoms with van der Waals surface area (Å²) in [7, 11) is -3.04. The summed E-state index contributed by atoms with van der Waals surface area (Å²) in [6.07, 6.45) is 3.21. The van der Waals surface area contributed by atoms with Crippen molar-refractivity contribution in [2.45, 2.75) is 19.4 Å². The smallest absolute Gasteiger partial charge is 0.271 e. The van der Waals surface area contributed by atoms with Gasteiger partial charge in [-0.05, 0) is 31.0 Å². The molecule has 0 saturated carbocycles. The second kappa shape index (κ2) is 6.97. The fourth-order valence-electron chi connectivity index (χ4n) is 2.50. The number of carbonyl (C=O) groups excluding carboxylic acids is 1. The van der Waals surface area contributed by atoms with Gasteiger partial charge in [-0.25, -0.2) is 18.4 Å². The minimum Gasteiger partial charge on any atom is -0.347 e. The lowest BCUT2D eigenvalue weighted by atomic mass is 10.2. The molecule has 9 heteroatoms. The van der Waals surface area contributed by atoms with Crippen LogP contribution in [0.25, 0.3) is 0 Å². The number of hydrogen-bond donors (Lipinski definition) is 2. The molecule has 3 rings (SSSR count). The first-order valence-corrected chi connectivity index (χ1v) is 9.89. The van der Waals surface area contributed by atoms with Gasteiger partial charge >= 0.3 is 0 Å². The van der Waals surface area contributed by atoms with Crippen molar-refractivity contribution in [2.24, 2.45) is 0 Å². The Bertz CT molecular complexity index is 900. The van der Waals surface area contributed by atoms with Crippen LogP contribution in [0.4, 0.5) is 11.5 Å². The number of benzene rings is 1. The fraction of sp³-hybridized carbons (Fsp3) is 0.312. The summed E-state index contributed by atoms with van der Waals surface area (Å²) in [6, 6.07) is 5.16. The first-order valence-electron chi connectivity index (χ1n) is 7.69. The first-order chi connectivity index (χ1) is 11.8. The van der Waals surface area contributed by atoms with Gasteiger partial charge in [0.1, 0.15) is 11.5 Å². The zero-order chi connectivity index (χ0) is 18.0. The van der Waals surface area contributed by atoms with Gasteiger partial charge in [-0.3, -0.25) is 4.79 Å². The summed E-state index contributed by atoms with van der Waals surface area (Å²) < 4.78 is 22.9. The van der Waals surface area contributed by atoms with Crippen LogP contribution >= 0.6 is 11.6 Å². The van der Waals surface area contributed by atoms with E-state index in [9.17, 15) is 13.2 Å². The van der Waals surface area contributed by atoms with E-state index in [4.69, 9.17) is 11.6 Å². The molecule has 1 saturated heterocycles. The number of rotatable bonds is 4. The third-order valence-corrected chi connectivity index (χ3v) is 6.07. The Kier molecular flexibility index (Phi) is 4.91. The highest BCUT2D eigenvalue weighted by atomic mass is 35.5. The number of hydrogen-bond acceptors (Lipinski definition) is 6. The van der Waals surface area contributed by atoms with Gasteiger partial charge in [0.25, 0.3) is 5.91 Å². The molecule has 7 nitrogen and oxygen atoms in total. The molecular formula is C16H17ClN4O3S. The zero-order valence-electron chi connectivity index (χ0n) is 13.5. The molecule has 1 fully saturated rings. The molecule has 1 atom stereocenters. The summed E-state index contributed by atoms with van der Waals surface area (Å²) in [5.41, 5.74) is 1.87. The third kappa shape index (κ3) is 4.46. The molecule has 0 spiro atoms. The number of aromatic nitrogens is 2. The summed E-state index contributed by atoms with van der Waals surface area (Å²) in [5, 5.41) is 6.37. The number of aryl methyl sites for hydroxylation is 1. The lowest BCUT2D eigenvalue weighted by molar-refractivity contribution is 0.0935. The maximum Gasteiger partial charge on any atom is 0.271 e. The van der Waals surface area contributed by atoms with E-state index in [1.807, 2.05) is 19.1 Å². The van der Waals surface area contributed by atoms with Crippen molar-refractivity contribution in [3.8, 4) is 0 Å². The first kappa shape index (κ1) is 17.6. The maximum absolute atomic E-state index is 12.1. The third-order valence-electron chi connectivity index (χ3n) is 3.90. The van der Waals surface area contributed by atoms with E-state index in [0.29, 0.717) is 17.3 Å². The molecule has 2 N–H and O–H groups in total. The highest BCUT2D eigenvalue weighted by Gasteiger charge is 2.29. The molecule has 1 aliphatic rings. The van der Waals surface area contributed by atoms with Gasteiger partial charge in [0.15, 0.2) is 9.84 Å². The monoisotopic (exact) mass is 380 g/mol. The minimum absolute atomic E-state index is 0.0278. The van der Waals surface area contributed by atoms with E-state index >= 15 is 0 Å². The average molecular weight is 381 g/mol. The van der Waals surface area contributed by atoms with Crippen molar-refractivity contribution in [1.82, 2.24) is 15.3 Å². The number of sulfone groups is 1. The molecule has 2 aromatic rings. The summed E-state index contributed by atoms with van der Waals surface area (Å²) in [4.78, 5) is 20.3. The largest absolute Gasteiger partial charge is 0.347 e. The van der Waals surface area contributed by atoms with Crippen LogP contribution in [0, 0.1) is 6.92 Å². The number of nitrogens with zero attached hydrogens (tertiary/aromatic N) is 2. The van der Waals surface area contributed by atoms with E-state index in [2.05, 4.69) is 20.6 Å². The molecule has 2 heterocycles. The van der Waals surface area contributed by atoms with E-state index < -0.39 is 15.7 Å². The van der Waals surface area contributed by atoms with Gasteiger partial charge in [-0.1, -0.05) is 17.7 Å². The van der Waals surface area contributed by atoms with E-state index in [1.165, 1.54) is 12.4 Å². The molecule has 0 aliphatic carbocycles. The molecule has 25 heavy (non-hydrogen) atoms. The Labute approximate surface area is 150 Å². The Morgan fingerprint density at radius 2 is 2.08 bits per heavy atom. The lowest BCUT2D eigenvalue weighted by Crippen LogP contribution is -2.36. The van der Waals surface area contributed by atoms with Crippen molar-refractivity contribution in [1.29, 1.82) is 0 Å². The predicted octanol–water partition coefficient (Wildman–Crippen LogP) is 2.10. The number of amides is 1. The average Bonchev–Trinajstić information content (AvgIpc) is 2.90. The van der Waals surface area contributed by atoms with Crippen molar-refractivity contribution in [3.05, 3.63) is 46.9 Å². The molecule has 0 radical (unpaired) electrons. The standard InChI is InChI=1S/C16H17ClN4O3S/c1-10-2-3-11(6-13(10)17)20-15-8-18-14(7-19-15)16(22)21-12-4-5-25(23,24)9-12/h2-3,6-8,12H,4-5,9H2,1H3,(H,19,20)(H,21,22). The van der Waals surface area contributed by atoms with E-state index in [0.717, 1.165) is 11.3 Å². The van der Waals surface area contributed by atoms with Gasteiger partial charge in [0.05, 0.1) is 23.9 Å². The van der Waals surface area contributed by atoms with E-state index in [1.54, 1.807) is 6.07 Å². The van der Waals surface area contributed by atoms with Crippen LogP contribution in [0.5, 0.6) is 0 Å². The molecule has 132 valence electrons. The van der Waals surface area contributed by atoms with Gasteiger partial charge in [-0.2, -0.15) is 0 Å². The van der Waals surface area contributed by atoms with Crippen LogP contribution in [-0.2, 0) is 9.84 Å². The molecule has 1 unspecified atom stereocenters. The van der Waals surface area contributed by atoms with Crippen LogP contribution in [-0.4, -0.2) is 41.8 Å². The normalized spacial score (nSPS) is 18.7. The number of nitrogens with one attached hydrogen (secondary N) is 2. The summed E-state index contributed by atoms with van der Waals surface area (Å²) in [6.45, 7) is 1.91. The Balaban J connectivity index is 1.63. The van der Waals surface area contributed by atoms with Crippen molar-refractivity contribution >= 4 is 38.9 Å². The molecule has 1 amide bonds. The van der Waals surface area contributed by atoms with E-state index in [-0.39, 0.29) is 23.2 Å². The van der Waals surface area contributed by atoms with Gasteiger partial charge in [0, 0.05) is 16.8 Å². The van der Waals surface area contributed by atoms with Crippen LogP contribution in [0.15, 0.2) is 30.6 Å². The number of halogens is 1. The lowest BCUT2D eigenvalue weighted by Gasteiger charge is -2.11. The maximum atomic E-state index is 12.1. The fourth-order valence-corrected chi connectivity index (χ4v) is 4.35. The van der Waals surface area contributed by atoms with Crippen LogP contribution in [0.3, 0.4) is 0 Å². The molecule has 1 aromatic carbocycles. The zero-order valence-corrected chi connectivity index (χ0v) is 15.1. The van der Waals surface area contributed by atoms with Crippen LogP contribution in [0.1, 0.15) is 22.5 Å².